The summed E-state index contributed by atoms with van der Waals surface area (Å²) in [6.07, 6.45) is 1.14. The molecule has 0 aromatic heterocycles. The molecule has 0 N–H and O–H groups in total. The van der Waals surface area contributed by atoms with E-state index in [4.69, 9.17) is 0 Å². The highest BCUT2D eigenvalue weighted by molar-refractivity contribution is 5.14. The summed E-state index contributed by atoms with van der Waals surface area (Å²) >= 11 is 0. The lowest BCUT2D eigenvalue weighted by Crippen LogP contribution is -1.73. The number of aryl methyl sites for hydroxylation is 3. The van der Waals surface area contributed by atoms with Gasteiger partial charge < -0.3 is 0 Å². The van der Waals surface area contributed by atoms with E-state index < -0.39 is 0 Å². The van der Waals surface area contributed by atoms with Crippen LogP contribution >= 0.6 is 0 Å². The molecule has 0 aliphatic heterocycles. The topological polar surface area (TPSA) is 0 Å². The molecule has 0 amide bonds. The second kappa shape index (κ2) is 18.0. The summed E-state index contributed by atoms with van der Waals surface area (Å²) in [5, 5.41) is 0. The van der Waals surface area contributed by atoms with Crippen molar-refractivity contribution < 1.29 is 0 Å². The van der Waals surface area contributed by atoms with Crippen molar-refractivity contribution >= 4 is 0 Å². The Hall–Kier alpha value is -2.34. The number of benzene rings is 3. The summed E-state index contributed by atoms with van der Waals surface area (Å²) in [5.74, 6) is 0. The third-order valence-electron chi connectivity index (χ3n) is 3.13. The van der Waals surface area contributed by atoms with E-state index in [1.807, 2.05) is 42.5 Å². The first-order valence-corrected chi connectivity index (χ1v) is 7.79. The highest BCUT2D eigenvalue weighted by Crippen LogP contribution is 1.97. The van der Waals surface area contributed by atoms with Gasteiger partial charge in [-0.3, -0.25) is 0 Å². The molecular formula is C25H38. The van der Waals surface area contributed by atoms with Gasteiger partial charge in [-0.2, -0.15) is 0 Å². The van der Waals surface area contributed by atoms with Gasteiger partial charge in [0.25, 0.3) is 0 Å². The standard InChI is InChI=1S/C8H10.2C7H8.3CH4/c1-2-8-6-4-3-5-7-8;2*1-7-5-3-2-4-6-7;;;/h3-7H,2H2,1H3;2*2-6H,1H3;3*1H4. The first-order valence-electron chi connectivity index (χ1n) is 7.79. The van der Waals surface area contributed by atoms with Crippen molar-refractivity contribution in [3.8, 4) is 0 Å². The highest BCUT2D eigenvalue weighted by Gasteiger charge is 1.80. The Kier molecular flexibility index (Phi) is 19.8. The Morgan fingerprint density at radius 3 is 0.920 bits per heavy atom. The second-order valence-corrected chi connectivity index (χ2v) is 5.15. The van der Waals surface area contributed by atoms with E-state index in [1.165, 1.54) is 16.7 Å². The van der Waals surface area contributed by atoms with E-state index in [-0.39, 0.29) is 22.3 Å². The molecule has 3 rings (SSSR count). The molecule has 0 heteroatoms. The van der Waals surface area contributed by atoms with Crippen molar-refractivity contribution in [1.29, 1.82) is 0 Å². The van der Waals surface area contributed by atoms with Crippen LogP contribution in [0.1, 0.15) is 45.9 Å². The number of rotatable bonds is 1. The molecule has 3 aromatic carbocycles. The molecule has 0 bridgehead atoms. The molecule has 0 fully saturated rings. The third-order valence-corrected chi connectivity index (χ3v) is 3.13. The van der Waals surface area contributed by atoms with Crippen LogP contribution in [0.2, 0.25) is 0 Å². The lowest BCUT2D eigenvalue weighted by molar-refractivity contribution is 1.14. The van der Waals surface area contributed by atoms with E-state index >= 15 is 0 Å². The van der Waals surface area contributed by atoms with Crippen LogP contribution in [-0.4, -0.2) is 0 Å². The lowest BCUT2D eigenvalue weighted by atomic mass is 10.2. The van der Waals surface area contributed by atoms with Gasteiger partial charge in [-0.05, 0) is 25.8 Å². The summed E-state index contributed by atoms with van der Waals surface area (Å²) in [5.41, 5.74) is 4.05. The van der Waals surface area contributed by atoms with Gasteiger partial charge in [0.05, 0.1) is 0 Å². The quantitative estimate of drug-likeness (QED) is 0.420. The summed E-state index contributed by atoms with van der Waals surface area (Å²) in [7, 11) is 0. The van der Waals surface area contributed by atoms with Crippen LogP contribution in [0.25, 0.3) is 0 Å². The normalized spacial score (nSPS) is 7.80. The van der Waals surface area contributed by atoms with Crippen LogP contribution in [0, 0.1) is 13.8 Å². The van der Waals surface area contributed by atoms with Crippen LogP contribution in [-0.2, 0) is 6.42 Å². The fourth-order valence-corrected chi connectivity index (χ4v) is 1.78. The van der Waals surface area contributed by atoms with Gasteiger partial charge >= 0.3 is 0 Å². The largest absolute Gasteiger partial charge is 0.0776 e. The zero-order valence-electron chi connectivity index (χ0n) is 13.9. The average Bonchev–Trinajstić information content (AvgIpc) is 2.58. The molecule has 0 atom stereocenters. The highest BCUT2D eigenvalue weighted by atomic mass is 13.9. The predicted octanol–water partition coefficient (Wildman–Crippen LogP) is 8.15. The van der Waals surface area contributed by atoms with Gasteiger partial charge in [0, 0.05) is 0 Å². The number of hydrogen-bond acceptors (Lipinski definition) is 0. The van der Waals surface area contributed by atoms with E-state index in [1.54, 1.807) is 0 Å². The van der Waals surface area contributed by atoms with Crippen molar-refractivity contribution in [3.05, 3.63) is 108 Å². The van der Waals surface area contributed by atoms with Crippen molar-refractivity contribution in [2.24, 2.45) is 0 Å². The molecule has 0 nitrogen and oxygen atoms in total. The lowest BCUT2D eigenvalue weighted by Gasteiger charge is -1.89. The minimum Gasteiger partial charge on any atom is -0.0776 e. The molecule has 0 aliphatic rings. The fraction of sp³-hybridized carbons (Fsp3) is 0.280. The van der Waals surface area contributed by atoms with Crippen molar-refractivity contribution in [2.45, 2.75) is 49.5 Å². The first kappa shape index (κ1) is 27.5. The van der Waals surface area contributed by atoms with Crippen molar-refractivity contribution in [1.82, 2.24) is 0 Å². The maximum Gasteiger partial charge on any atom is -0.0307 e. The number of hydrogen-bond donors (Lipinski definition) is 0. The minimum atomic E-state index is 0. The Bertz CT molecular complexity index is 545. The van der Waals surface area contributed by atoms with Crippen LogP contribution in [0.15, 0.2) is 91.0 Å². The molecular weight excluding hydrogens is 300 g/mol. The molecule has 0 unspecified atom stereocenters. The van der Waals surface area contributed by atoms with E-state index in [0.29, 0.717) is 0 Å². The SMILES string of the molecule is C.C.C.CCc1ccccc1.Cc1ccccc1.Cc1ccccc1. The molecule has 0 saturated heterocycles. The molecule has 0 radical (unpaired) electrons. The summed E-state index contributed by atoms with van der Waals surface area (Å²) in [6, 6.07) is 31.0. The molecule has 0 heterocycles. The Morgan fingerprint density at radius 2 is 0.760 bits per heavy atom. The van der Waals surface area contributed by atoms with Crippen molar-refractivity contribution in [3.63, 3.8) is 0 Å². The minimum absolute atomic E-state index is 0. The zero-order valence-corrected chi connectivity index (χ0v) is 13.9. The summed E-state index contributed by atoms with van der Waals surface area (Å²) in [4.78, 5) is 0. The smallest absolute Gasteiger partial charge is 0.0307 e. The molecule has 0 spiro atoms. The predicted molar refractivity (Wildman–Crippen MR) is 118 cm³/mol. The Morgan fingerprint density at radius 1 is 0.480 bits per heavy atom. The van der Waals surface area contributed by atoms with Crippen LogP contribution in [0.3, 0.4) is 0 Å². The van der Waals surface area contributed by atoms with E-state index in [9.17, 15) is 0 Å². The summed E-state index contributed by atoms with van der Waals surface area (Å²) in [6.45, 7) is 6.33. The van der Waals surface area contributed by atoms with Gasteiger partial charge in [0.2, 0.25) is 0 Å². The maximum absolute atomic E-state index is 2.16. The molecule has 0 saturated carbocycles. The van der Waals surface area contributed by atoms with Crippen LogP contribution in [0.4, 0.5) is 0 Å². The van der Waals surface area contributed by atoms with E-state index in [0.717, 1.165) is 6.42 Å². The molecule has 0 aliphatic carbocycles. The third kappa shape index (κ3) is 15.0. The van der Waals surface area contributed by atoms with Gasteiger partial charge in [-0.15, -0.1) is 0 Å². The Balaban J connectivity index is -0.000000275. The van der Waals surface area contributed by atoms with Gasteiger partial charge in [-0.1, -0.05) is 131 Å². The summed E-state index contributed by atoms with van der Waals surface area (Å²) < 4.78 is 0. The monoisotopic (exact) mass is 338 g/mol. The average molecular weight is 339 g/mol. The van der Waals surface area contributed by atoms with Gasteiger partial charge in [-0.25, -0.2) is 0 Å². The van der Waals surface area contributed by atoms with Crippen molar-refractivity contribution in [2.75, 3.05) is 0 Å². The van der Waals surface area contributed by atoms with Crippen LogP contribution < -0.4 is 0 Å². The molecule has 3 aromatic rings. The zero-order chi connectivity index (χ0) is 16.0. The van der Waals surface area contributed by atoms with Crippen LogP contribution in [0.5, 0.6) is 0 Å². The van der Waals surface area contributed by atoms with Gasteiger partial charge in [0.1, 0.15) is 0 Å². The van der Waals surface area contributed by atoms with Gasteiger partial charge in [0.15, 0.2) is 0 Å². The second-order valence-electron chi connectivity index (χ2n) is 5.15. The first-order chi connectivity index (χ1) is 10.7. The Labute approximate surface area is 157 Å². The van der Waals surface area contributed by atoms with E-state index in [2.05, 4.69) is 69.3 Å². The molecule has 25 heavy (non-hydrogen) atoms. The molecule has 138 valence electrons. The fourth-order valence-electron chi connectivity index (χ4n) is 1.78. The maximum atomic E-state index is 2.16.